The summed E-state index contributed by atoms with van der Waals surface area (Å²) in [5.74, 6) is 0. The fraction of sp³-hybridized carbons (Fsp3) is 0.167. The van der Waals surface area contributed by atoms with Crippen molar-refractivity contribution in [2.45, 2.75) is 12.5 Å². The van der Waals surface area contributed by atoms with E-state index in [1.54, 1.807) is 6.26 Å². The molecule has 0 aliphatic carbocycles. The Kier molecular flexibility index (Phi) is 3.93. The van der Waals surface area contributed by atoms with E-state index in [4.69, 9.17) is 9.73 Å². The Morgan fingerprint density at radius 3 is 2.00 bits per heavy atom. The van der Waals surface area contributed by atoms with E-state index < -0.39 is 0 Å². The van der Waals surface area contributed by atoms with Crippen LogP contribution in [0.3, 0.4) is 0 Å². The van der Waals surface area contributed by atoms with Crippen LogP contribution in [0.5, 0.6) is 0 Å². The minimum Gasteiger partial charge on any atom is -0.501 e. The predicted molar refractivity (Wildman–Crippen MR) is 81.9 cm³/mol. The molecule has 100 valence electrons. The average Bonchev–Trinajstić information content (AvgIpc) is 3.03. The Balaban J connectivity index is 1.91. The molecular weight excluding hydrogens is 246 g/mol. The van der Waals surface area contributed by atoms with Gasteiger partial charge in [0.2, 0.25) is 0 Å². The third kappa shape index (κ3) is 2.97. The topological polar surface area (TPSA) is 21.6 Å². The van der Waals surface area contributed by atoms with Crippen molar-refractivity contribution in [1.29, 1.82) is 0 Å². The smallest absolute Gasteiger partial charge is 0.0999 e. The zero-order chi connectivity index (χ0) is 13.6. The second-order valence-electron chi connectivity index (χ2n) is 4.82. The van der Waals surface area contributed by atoms with Crippen molar-refractivity contribution in [3.63, 3.8) is 0 Å². The Morgan fingerprint density at radius 2 is 1.50 bits per heavy atom. The number of benzene rings is 2. The monoisotopic (exact) mass is 263 g/mol. The summed E-state index contributed by atoms with van der Waals surface area (Å²) in [6.07, 6.45) is 4.69. The number of aliphatic imine (C=N–C) groups is 1. The first-order valence-electron chi connectivity index (χ1n) is 6.87. The van der Waals surface area contributed by atoms with Crippen LogP contribution in [0, 0.1) is 0 Å². The van der Waals surface area contributed by atoms with Crippen molar-refractivity contribution in [1.82, 2.24) is 0 Å². The van der Waals surface area contributed by atoms with Gasteiger partial charge in [-0.15, -0.1) is 0 Å². The van der Waals surface area contributed by atoms with Crippen LogP contribution < -0.4 is 0 Å². The normalized spacial score (nSPS) is 14.6. The highest BCUT2D eigenvalue weighted by Gasteiger charge is 2.12. The lowest BCUT2D eigenvalue weighted by molar-refractivity contribution is 0.281. The van der Waals surface area contributed by atoms with Crippen LogP contribution >= 0.6 is 0 Å². The zero-order valence-electron chi connectivity index (χ0n) is 11.3. The maximum atomic E-state index is 5.25. The van der Waals surface area contributed by atoms with E-state index >= 15 is 0 Å². The van der Waals surface area contributed by atoms with Crippen LogP contribution in [-0.4, -0.2) is 12.8 Å². The van der Waals surface area contributed by atoms with Crippen molar-refractivity contribution < 1.29 is 4.74 Å². The van der Waals surface area contributed by atoms with Crippen LogP contribution in [0.1, 0.15) is 23.6 Å². The number of hydrogen-bond acceptors (Lipinski definition) is 2. The minimum absolute atomic E-state index is 0.0406. The van der Waals surface area contributed by atoms with E-state index in [0.717, 1.165) is 18.6 Å². The number of hydrogen-bond donors (Lipinski definition) is 0. The molecule has 2 aromatic carbocycles. The van der Waals surface area contributed by atoms with E-state index in [1.165, 1.54) is 11.1 Å². The summed E-state index contributed by atoms with van der Waals surface area (Å²) in [6, 6.07) is 20.8. The van der Waals surface area contributed by atoms with E-state index in [0.29, 0.717) is 0 Å². The maximum absolute atomic E-state index is 5.25. The van der Waals surface area contributed by atoms with Gasteiger partial charge < -0.3 is 4.74 Å². The molecule has 0 bridgehead atoms. The molecule has 0 unspecified atom stereocenters. The summed E-state index contributed by atoms with van der Waals surface area (Å²) in [4.78, 5) is 4.77. The van der Waals surface area contributed by atoms with Gasteiger partial charge in [0.25, 0.3) is 0 Å². The average molecular weight is 263 g/mol. The van der Waals surface area contributed by atoms with Gasteiger partial charge in [0.15, 0.2) is 0 Å². The summed E-state index contributed by atoms with van der Waals surface area (Å²) in [7, 11) is 0. The number of rotatable bonds is 4. The molecule has 2 aromatic rings. The number of ether oxygens (including phenoxy) is 1. The molecule has 0 fully saturated rings. The van der Waals surface area contributed by atoms with Crippen LogP contribution in [0.25, 0.3) is 0 Å². The molecule has 0 N–H and O–H groups in total. The summed E-state index contributed by atoms with van der Waals surface area (Å²) in [5, 5.41) is 0. The first kappa shape index (κ1) is 12.7. The third-order valence-corrected chi connectivity index (χ3v) is 3.36. The van der Waals surface area contributed by atoms with Gasteiger partial charge in [-0.1, -0.05) is 60.7 Å². The molecule has 1 aliphatic rings. The molecule has 0 atom stereocenters. The largest absolute Gasteiger partial charge is 0.501 e. The van der Waals surface area contributed by atoms with Crippen molar-refractivity contribution in [2.24, 2.45) is 4.99 Å². The maximum Gasteiger partial charge on any atom is 0.0999 e. The molecule has 1 heterocycles. The summed E-state index contributed by atoms with van der Waals surface area (Å²) in [6.45, 7) is 0.767. The molecule has 1 aliphatic heterocycles. The predicted octanol–water partition coefficient (Wildman–Crippen LogP) is 4.15. The molecule has 0 saturated heterocycles. The minimum atomic E-state index is 0.0406. The van der Waals surface area contributed by atoms with E-state index in [1.807, 2.05) is 18.3 Å². The summed E-state index contributed by atoms with van der Waals surface area (Å²) < 4.78 is 5.25. The highest BCUT2D eigenvalue weighted by atomic mass is 16.5. The quantitative estimate of drug-likeness (QED) is 0.759. The van der Waals surface area contributed by atoms with Crippen molar-refractivity contribution >= 4 is 6.21 Å². The van der Waals surface area contributed by atoms with Crippen LogP contribution in [0.4, 0.5) is 0 Å². The van der Waals surface area contributed by atoms with Crippen LogP contribution in [0.15, 0.2) is 77.5 Å². The molecular formula is C18H17NO. The van der Waals surface area contributed by atoms with Gasteiger partial charge in [0.05, 0.1) is 18.9 Å². The van der Waals surface area contributed by atoms with Gasteiger partial charge in [-0.05, 0) is 11.1 Å². The lowest BCUT2D eigenvalue weighted by Gasteiger charge is -2.13. The third-order valence-electron chi connectivity index (χ3n) is 3.36. The second-order valence-corrected chi connectivity index (χ2v) is 4.82. The Hall–Kier alpha value is -2.35. The zero-order valence-corrected chi connectivity index (χ0v) is 11.3. The van der Waals surface area contributed by atoms with Gasteiger partial charge >= 0.3 is 0 Å². The highest BCUT2D eigenvalue weighted by Crippen LogP contribution is 2.26. The second kappa shape index (κ2) is 6.20. The van der Waals surface area contributed by atoms with Crippen molar-refractivity contribution in [2.75, 3.05) is 6.61 Å². The van der Waals surface area contributed by atoms with Gasteiger partial charge in [-0.25, -0.2) is 0 Å². The van der Waals surface area contributed by atoms with Crippen LogP contribution in [-0.2, 0) is 4.74 Å². The van der Waals surface area contributed by atoms with Crippen LogP contribution in [0.2, 0.25) is 0 Å². The Morgan fingerprint density at radius 1 is 0.900 bits per heavy atom. The van der Waals surface area contributed by atoms with E-state index in [9.17, 15) is 0 Å². The Labute approximate surface area is 119 Å². The van der Waals surface area contributed by atoms with Crippen molar-refractivity contribution in [3.8, 4) is 0 Å². The molecule has 0 radical (unpaired) electrons. The molecule has 0 amide bonds. The molecule has 2 nitrogen and oxygen atoms in total. The fourth-order valence-electron chi connectivity index (χ4n) is 2.30. The molecule has 2 heteroatoms. The fourth-order valence-corrected chi connectivity index (χ4v) is 2.30. The van der Waals surface area contributed by atoms with Gasteiger partial charge in [-0.2, -0.15) is 0 Å². The highest BCUT2D eigenvalue weighted by molar-refractivity contribution is 5.79. The molecule has 20 heavy (non-hydrogen) atoms. The summed E-state index contributed by atoms with van der Waals surface area (Å²) in [5.41, 5.74) is 3.56. The standard InChI is InChI=1S/C18H17NO/c1-3-7-16(8-4-1)18(17-9-5-2-6-10-17)19-13-15-11-12-20-14-15/h1-10,13-14,18H,11-12H2. The first-order chi connectivity index (χ1) is 9.93. The lowest BCUT2D eigenvalue weighted by Crippen LogP contribution is -1.99. The Bertz CT molecular complexity index is 562. The molecule has 0 aromatic heterocycles. The lowest BCUT2D eigenvalue weighted by atomic mass is 9.99. The molecule has 0 saturated carbocycles. The van der Waals surface area contributed by atoms with E-state index in [-0.39, 0.29) is 6.04 Å². The molecule has 0 spiro atoms. The van der Waals surface area contributed by atoms with Gasteiger partial charge in [-0.3, -0.25) is 4.99 Å². The first-order valence-corrected chi connectivity index (χ1v) is 6.87. The SMILES string of the molecule is C(=NC(c1ccccc1)c1ccccc1)C1=COCC1. The molecule has 3 rings (SSSR count). The van der Waals surface area contributed by atoms with Crippen molar-refractivity contribution in [3.05, 3.63) is 83.6 Å². The van der Waals surface area contributed by atoms with E-state index in [2.05, 4.69) is 48.5 Å². The van der Waals surface area contributed by atoms with Gasteiger partial charge in [0, 0.05) is 18.2 Å². The van der Waals surface area contributed by atoms with Gasteiger partial charge in [0.1, 0.15) is 0 Å². The number of nitrogens with zero attached hydrogens (tertiary/aromatic N) is 1. The summed E-state index contributed by atoms with van der Waals surface area (Å²) >= 11 is 0.